The summed E-state index contributed by atoms with van der Waals surface area (Å²) in [6, 6.07) is 3.93. The number of hydrazone groups is 1. The molecule has 0 amide bonds. The van der Waals surface area contributed by atoms with Crippen molar-refractivity contribution in [1.82, 2.24) is 14.9 Å². The van der Waals surface area contributed by atoms with Crippen LogP contribution in [0.2, 0.25) is 5.02 Å². The van der Waals surface area contributed by atoms with Crippen molar-refractivity contribution in [2.75, 3.05) is 0 Å². The van der Waals surface area contributed by atoms with Gasteiger partial charge in [0.25, 0.3) is 0 Å². The standard InChI is InChI=1S/C22H21Cl2N5O2/c23-14-3-6-17-19(10-14)26-11-20-28(21(17)22(30)31)12-27-29(20)16-4-1-13(2-5-16)18-9-15(24)7-8-25-18/h3,7-13,16,20H,1-2,4-6H2,(H,30,31). The molecule has 0 bridgehead atoms. The number of aliphatic carboxylic acids is 1. The summed E-state index contributed by atoms with van der Waals surface area (Å²) in [5, 5.41) is 17.8. The predicted octanol–water partition coefficient (Wildman–Crippen LogP) is 4.48. The van der Waals surface area contributed by atoms with Gasteiger partial charge in [-0.3, -0.25) is 19.9 Å². The number of hydrogen-bond donors (Lipinski definition) is 1. The molecular weight excluding hydrogens is 437 g/mol. The number of carbonyl (C=O) groups is 1. The molecule has 0 saturated heterocycles. The van der Waals surface area contributed by atoms with Gasteiger partial charge in [-0.15, -0.1) is 0 Å². The molecule has 31 heavy (non-hydrogen) atoms. The second-order valence-electron chi connectivity index (χ2n) is 8.07. The molecule has 1 aromatic rings. The molecule has 2 aliphatic heterocycles. The minimum Gasteiger partial charge on any atom is -0.477 e. The maximum Gasteiger partial charge on any atom is 0.353 e. The summed E-state index contributed by atoms with van der Waals surface area (Å²) < 4.78 is 0. The molecule has 1 fully saturated rings. The first kappa shape index (κ1) is 20.3. The third-order valence-electron chi connectivity index (χ3n) is 6.28. The lowest BCUT2D eigenvalue weighted by atomic mass is 9.83. The summed E-state index contributed by atoms with van der Waals surface area (Å²) in [7, 11) is 0. The second kappa shape index (κ2) is 8.13. The molecule has 1 unspecified atom stereocenters. The number of rotatable bonds is 3. The third kappa shape index (κ3) is 3.77. The van der Waals surface area contributed by atoms with Crippen LogP contribution in [0.3, 0.4) is 0 Å². The Hall–Kier alpha value is -2.64. The molecule has 2 aliphatic carbocycles. The molecule has 0 spiro atoms. The van der Waals surface area contributed by atoms with Gasteiger partial charge < -0.3 is 5.11 Å². The van der Waals surface area contributed by atoms with Gasteiger partial charge in [0.15, 0.2) is 6.17 Å². The first-order chi connectivity index (χ1) is 15.0. The van der Waals surface area contributed by atoms with Crippen LogP contribution >= 0.6 is 23.2 Å². The highest BCUT2D eigenvalue weighted by Gasteiger charge is 2.40. The number of fused-ring (bicyclic) bond motifs is 2. The van der Waals surface area contributed by atoms with Crippen molar-refractivity contribution in [1.29, 1.82) is 0 Å². The fourth-order valence-electron chi connectivity index (χ4n) is 4.76. The molecule has 1 atom stereocenters. The van der Waals surface area contributed by atoms with E-state index in [-0.39, 0.29) is 17.9 Å². The smallest absolute Gasteiger partial charge is 0.353 e. The molecular formula is C22H21Cl2N5O2. The zero-order chi connectivity index (χ0) is 21.5. The third-order valence-corrected chi connectivity index (χ3v) is 6.77. The summed E-state index contributed by atoms with van der Waals surface area (Å²) >= 11 is 12.3. The molecule has 160 valence electrons. The van der Waals surface area contributed by atoms with E-state index in [1.54, 1.807) is 41.9 Å². The maximum atomic E-state index is 12.2. The normalized spacial score (nSPS) is 27.5. The van der Waals surface area contributed by atoms with Crippen LogP contribution < -0.4 is 0 Å². The minimum absolute atomic E-state index is 0.198. The van der Waals surface area contributed by atoms with Crippen LogP contribution in [0.4, 0.5) is 0 Å². The Morgan fingerprint density at radius 1 is 1.19 bits per heavy atom. The number of allylic oxidation sites excluding steroid dienone is 4. The van der Waals surface area contributed by atoms with Crippen molar-refractivity contribution in [2.45, 2.75) is 50.2 Å². The van der Waals surface area contributed by atoms with Gasteiger partial charge in [-0.05, 0) is 50.3 Å². The Kier molecular flexibility index (Phi) is 5.32. The summed E-state index contributed by atoms with van der Waals surface area (Å²) in [5.41, 5.74) is 2.49. The van der Waals surface area contributed by atoms with Crippen LogP contribution in [0, 0.1) is 0 Å². The number of hydrogen-bond acceptors (Lipinski definition) is 6. The van der Waals surface area contributed by atoms with Gasteiger partial charge in [0.2, 0.25) is 0 Å². The predicted molar refractivity (Wildman–Crippen MR) is 120 cm³/mol. The van der Waals surface area contributed by atoms with Crippen LogP contribution in [-0.2, 0) is 4.79 Å². The van der Waals surface area contributed by atoms with E-state index in [0.29, 0.717) is 33.7 Å². The molecule has 0 radical (unpaired) electrons. The number of aliphatic imine (C=N–C) groups is 1. The van der Waals surface area contributed by atoms with E-state index < -0.39 is 5.97 Å². The van der Waals surface area contributed by atoms with Crippen molar-refractivity contribution < 1.29 is 9.90 Å². The van der Waals surface area contributed by atoms with Crippen molar-refractivity contribution in [2.24, 2.45) is 10.1 Å². The van der Waals surface area contributed by atoms with Gasteiger partial charge in [0, 0.05) is 45.7 Å². The van der Waals surface area contributed by atoms with E-state index in [0.717, 1.165) is 31.4 Å². The quantitative estimate of drug-likeness (QED) is 0.723. The van der Waals surface area contributed by atoms with E-state index in [1.807, 2.05) is 11.1 Å². The summed E-state index contributed by atoms with van der Waals surface area (Å²) in [6.45, 7) is 0. The Morgan fingerprint density at radius 3 is 2.74 bits per heavy atom. The summed E-state index contributed by atoms with van der Waals surface area (Å²) in [5.74, 6) is -0.620. The van der Waals surface area contributed by atoms with E-state index >= 15 is 0 Å². The molecule has 1 N–H and O–H groups in total. The molecule has 7 nitrogen and oxygen atoms in total. The SMILES string of the molecule is O=C(O)C1=C2CC=C(Cl)C=C2N=CC2N1C=NN2C1CCC(c2cc(Cl)ccn2)CC1. The van der Waals surface area contributed by atoms with Gasteiger partial charge in [-0.2, -0.15) is 5.10 Å². The maximum absolute atomic E-state index is 12.2. The Labute approximate surface area is 190 Å². The molecule has 5 rings (SSSR count). The number of carboxylic acid groups (broad SMARTS) is 1. The van der Waals surface area contributed by atoms with Gasteiger partial charge >= 0.3 is 5.97 Å². The first-order valence-electron chi connectivity index (χ1n) is 10.3. The van der Waals surface area contributed by atoms with Gasteiger partial charge in [0.1, 0.15) is 12.0 Å². The zero-order valence-corrected chi connectivity index (χ0v) is 18.2. The fraction of sp³-hybridized carbons (Fsp3) is 0.364. The average Bonchev–Trinajstić information content (AvgIpc) is 3.09. The summed E-state index contributed by atoms with van der Waals surface area (Å²) in [6.07, 6.45) is 12.5. The van der Waals surface area contributed by atoms with E-state index in [2.05, 4.69) is 15.1 Å². The molecule has 3 heterocycles. The lowest BCUT2D eigenvalue weighted by Crippen LogP contribution is -2.47. The number of nitrogens with zero attached hydrogens (tertiary/aromatic N) is 5. The fourth-order valence-corrected chi connectivity index (χ4v) is 5.11. The topological polar surface area (TPSA) is 81.4 Å². The largest absolute Gasteiger partial charge is 0.477 e. The molecule has 0 aromatic carbocycles. The van der Waals surface area contributed by atoms with E-state index in [4.69, 9.17) is 23.2 Å². The average molecular weight is 458 g/mol. The Morgan fingerprint density at radius 2 is 2.00 bits per heavy atom. The lowest BCUT2D eigenvalue weighted by Gasteiger charge is -2.37. The number of carboxylic acids is 1. The van der Waals surface area contributed by atoms with Crippen LogP contribution in [0.5, 0.6) is 0 Å². The number of aromatic nitrogens is 1. The van der Waals surface area contributed by atoms with Crippen LogP contribution in [-0.4, -0.2) is 50.7 Å². The number of halogens is 2. The van der Waals surface area contributed by atoms with Crippen molar-refractivity contribution >= 4 is 41.7 Å². The van der Waals surface area contributed by atoms with E-state index in [9.17, 15) is 9.90 Å². The minimum atomic E-state index is -0.994. The number of pyridine rings is 1. The zero-order valence-electron chi connectivity index (χ0n) is 16.7. The highest BCUT2D eigenvalue weighted by molar-refractivity contribution is 6.31. The van der Waals surface area contributed by atoms with E-state index in [1.165, 1.54) is 0 Å². The van der Waals surface area contributed by atoms with Crippen molar-refractivity contribution in [3.63, 3.8) is 0 Å². The monoisotopic (exact) mass is 457 g/mol. The van der Waals surface area contributed by atoms with Crippen LogP contribution in [0.1, 0.15) is 43.7 Å². The highest BCUT2D eigenvalue weighted by atomic mass is 35.5. The van der Waals surface area contributed by atoms with Crippen LogP contribution in [0.15, 0.2) is 62.6 Å². The Balaban J connectivity index is 1.36. The van der Waals surface area contributed by atoms with Gasteiger partial charge in [0.05, 0.1) is 5.70 Å². The highest BCUT2D eigenvalue weighted by Crippen LogP contribution is 2.38. The van der Waals surface area contributed by atoms with Gasteiger partial charge in [-0.25, -0.2) is 4.79 Å². The Bertz CT molecular complexity index is 1070. The summed E-state index contributed by atoms with van der Waals surface area (Å²) in [4.78, 5) is 23.0. The molecule has 9 heteroatoms. The lowest BCUT2D eigenvalue weighted by molar-refractivity contribution is -0.134. The van der Waals surface area contributed by atoms with Crippen LogP contribution in [0.25, 0.3) is 0 Å². The van der Waals surface area contributed by atoms with Crippen molar-refractivity contribution in [3.8, 4) is 0 Å². The first-order valence-corrected chi connectivity index (χ1v) is 11.1. The molecule has 1 saturated carbocycles. The molecule has 1 aromatic heterocycles. The van der Waals surface area contributed by atoms with Crippen molar-refractivity contribution in [3.05, 3.63) is 63.2 Å². The molecule has 4 aliphatic rings. The van der Waals surface area contributed by atoms with Gasteiger partial charge in [-0.1, -0.05) is 29.3 Å². The second-order valence-corrected chi connectivity index (χ2v) is 8.94.